The van der Waals surface area contributed by atoms with Gasteiger partial charge < -0.3 is 10.2 Å². The standard InChI is InChI=1S/C17H16BrFN2O2/c1-12(22)21(14-8-6-13(19)7-9-14)11-10-17(23)20-16-5-3-2-4-15(16)18/h2-9H,10-11H2,1H3,(H,20,23). The molecule has 2 aromatic carbocycles. The SMILES string of the molecule is CC(=O)N(CCC(=O)Nc1ccccc1Br)c1ccc(F)cc1. The maximum Gasteiger partial charge on any atom is 0.226 e. The summed E-state index contributed by atoms with van der Waals surface area (Å²) in [6.45, 7) is 1.63. The highest BCUT2D eigenvalue weighted by molar-refractivity contribution is 9.10. The van der Waals surface area contributed by atoms with Gasteiger partial charge in [-0.05, 0) is 52.3 Å². The van der Waals surface area contributed by atoms with Gasteiger partial charge in [-0.2, -0.15) is 0 Å². The summed E-state index contributed by atoms with van der Waals surface area (Å²) in [5, 5.41) is 2.78. The number of amides is 2. The van der Waals surface area contributed by atoms with E-state index in [1.807, 2.05) is 18.2 Å². The van der Waals surface area contributed by atoms with Crippen molar-refractivity contribution in [2.24, 2.45) is 0 Å². The molecule has 0 aromatic heterocycles. The zero-order chi connectivity index (χ0) is 16.8. The molecule has 0 aliphatic heterocycles. The lowest BCUT2D eigenvalue weighted by Crippen LogP contribution is -2.31. The Hall–Kier alpha value is -2.21. The molecule has 0 fully saturated rings. The van der Waals surface area contributed by atoms with Gasteiger partial charge in [-0.25, -0.2) is 4.39 Å². The zero-order valence-electron chi connectivity index (χ0n) is 12.6. The van der Waals surface area contributed by atoms with Gasteiger partial charge in [0.25, 0.3) is 0 Å². The lowest BCUT2D eigenvalue weighted by molar-refractivity contribution is -0.117. The molecule has 2 aromatic rings. The molecule has 1 N–H and O–H groups in total. The molecule has 0 aliphatic rings. The monoisotopic (exact) mass is 378 g/mol. The Bertz CT molecular complexity index is 704. The first kappa shape index (κ1) is 17.1. The summed E-state index contributed by atoms with van der Waals surface area (Å²) < 4.78 is 13.8. The fourth-order valence-electron chi connectivity index (χ4n) is 2.08. The first-order valence-corrected chi connectivity index (χ1v) is 7.84. The molecule has 0 unspecified atom stereocenters. The van der Waals surface area contributed by atoms with Crippen molar-refractivity contribution in [2.45, 2.75) is 13.3 Å². The van der Waals surface area contributed by atoms with Gasteiger partial charge in [0.2, 0.25) is 11.8 Å². The highest BCUT2D eigenvalue weighted by Crippen LogP contribution is 2.21. The number of anilines is 2. The van der Waals surface area contributed by atoms with E-state index in [4.69, 9.17) is 0 Å². The van der Waals surface area contributed by atoms with Crippen LogP contribution in [0, 0.1) is 5.82 Å². The number of carbonyl (C=O) groups is 2. The van der Waals surface area contributed by atoms with Crippen molar-refractivity contribution >= 4 is 39.1 Å². The number of rotatable bonds is 5. The van der Waals surface area contributed by atoms with Gasteiger partial charge in [0.05, 0.1) is 5.69 Å². The first-order valence-electron chi connectivity index (χ1n) is 7.05. The van der Waals surface area contributed by atoms with Crippen molar-refractivity contribution in [3.8, 4) is 0 Å². The highest BCUT2D eigenvalue weighted by atomic mass is 79.9. The van der Waals surface area contributed by atoms with Crippen LogP contribution in [0.1, 0.15) is 13.3 Å². The Morgan fingerprint density at radius 2 is 1.78 bits per heavy atom. The van der Waals surface area contributed by atoms with E-state index >= 15 is 0 Å². The molecule has 0 radical (unpaired) electrons. The van der Waals surface area contributed by atoms with E-state index in [2.05, 4.69) is 21.2 Å². The lowest BCUT2D eigenvalue weighted by atomic mass is 10.2. The summed E-state index contributed by atoms with van der Waals surface area (Å²) in [4.78, 5) is 25.2. The van der Waals surface area contributed by atoms with Gasteiger partial charge in [-0.1, -0.05) is 12.1 Å². The molecule has 0 saturated heterocycles. The summed E-state index contributed by atoms with van der Waals surface area (Å²) in [5.41, 5.74) is 1.24. The molecule has 0 heterocycles. The molecule has 0 saturated carbocycles. The molecule has 23 heavy (non-hydrogen) atoms. The van der Waals surface area contributed by atoms with E-state index in [0.717, 1.165) is 4.47 Å². The van der Waals surface area contributed by atoms with Crippen LogP contribution in [0.25, 0.3) is 0 Å². The van der Waals surface area contributed by atoms with Crippen LogP contribution in [0.2, 0.25) is 0 Å². The van der Waals surface area contributed by atoms with Gasteiger partial charge in [-0.15, -0.1) is 0 Å². The molecule has 6 heteroatoms. The largest absolute Gasteiger partial charge is 0.325 e. The Labute approximate surface area is 142 Å². The van der Waals surface area contributed by atoms with Crippen LogP contribution in [0.15, 0.2) is 53.0 Å². The normalized spacial score (nSPS) is 10.2. The van der Waals surface area contributed by atoms with E-state index in [-0.39, 0.29) is 30.6 Å². The van der Waals surface area contributed by atoms with Gasteiger partial charge in [0.15, 0.2) is 0 Å². The lowest BCUT2D eigenvalue weighted by Gasteiger charge is -2.21. The molecule has 120 valence electrons. The van der Waals surface area contributed by atoms with E-state index in [1.165, 1.54) is 36.1 Å². The fourth-order valence-corrected chi connectivity index (χ4v) is 2.46. The minimum Gasteiger partial charge on any atom is -0.325 e. The topological polar surface area (TPSA) is 49.4 Å². The van der Waals surface area contributed by atoms with Crippen molar-refractivity contribution in [1.29, 1.82) is 0 Å². The van der Waals surface area contributed by atoms with Gasteiger partial charge in [0, 0.05) is 30.0 Å². The van der Waals surface area contributed by atoms with Crippen molar-refractivity contribution in [1.82, 2.24) is 0 Å². The van der Waals surface area contributed by atoms with Crippen molar-refractivity contribution in [3.63, 3.8) is 0 Å². The van der Waals surface area contributed by atoms with E-state index in [1.54, 1.807) is 6.07 Å². The predicted octanol–water partition coefficient (Wildman–Crippen LogP) is 3.97. The Balaban J connectivity index is 1.99. The van der Waals surface area contributed by atoms with Crippen LogP contribution >= 0.6 is 15.9 Å². The molecular formula is C17H16BrFN2O2. The number of para-hydroxylation sites is 1. The van der Waals surface area contributed by atoms with E-state index < -0.39 is 0 Å². The molecule has 2 rings (SSSR count). The third kappa shape index (κ3) is 4.89. The molecule has 0 atom stereocenters. The number of nitrogens with one attached hydrogen (secondary N) is 1. The summed E-state index contributed by atoms with van der Waals surface area (Å²) >= 11 is 3.36. The van der Waals surface area contributed by atoms with Crippen LogP contribution in [0.4, 0.5) is 15.8 Å². The Kier molecular flexibility index (Phi) is 5.87. The van der Waals surface area contributed by atoms with Gasteiger partial charge >= 0.3 is 0 Å². The second-order valence-corrected chi connectivity index (χ2v) is 5.78. The highest BCUT2D eigenvalue weighted by Gasteiger charge is 2.14. The number of carbonyl (C=O) groups excluding carboxylic acids is 2. The van der Waals surface area contributed by atoms with Crippen LogP contribution in [0.3, 0.4) is 0 Å². The minimum atomic E-state index is -0.371. The Morgan fingerprint density at radius 1 is 1.13 bits per heavy atom. The minimum absolute atomic E-state index is 0.137. The number of hydrogen-bond acceptors (Lipinski definition) is 2. The summed E-state index contributed by atoms with van der Waals surface area (Å²) in [6.07, 6.45) is 0.137. The van der Waals surface area contributed by atoms with Gasteiger partial charge in [0.1, 0.15) is 5.82 Å². The van der Waals surface area contributed by atoms with Crippen molar-refractivity contribution in [3.05, 3.63) is 58.8 Å². The second kappa shape index (κ2) is 7.87. The quantitative estimate of drug-likeness (QED) is 0.855. The third-order valence-corrected chi connectivity index (χ3v) is 3.92. The Morgan fingerprint density at radius 3 is 2.39 bits per heavy atom. The first-order chi connectivity index (χ1) is 11.0. The summed E-state index contributed by atoms with van der Waals surface area (Å²) in [7, 11) is 0. The molecule has 2 amide bonds. The zero-order valence-corrected chi connectivity index (χ0v) is 14.1. The van der Waals surface area contributed by atoms with E-state index in [9.17, 15) is 14.0 Å². The van der Waals surface area contributed by atoms with E-state index in [0.29, 0.717) is 11.4 Å². The average molecular weight is 379 g/mol. The molecule has 0 aliphatic carbocycles. The fraction of sp³-hybridized carbons (Fsp3) is 0.176. The van der Waals surface area contributed by atoms with Gasteiger partial charge in [-0.3, -0.25) is 9.59 Å². The number of nitrogens with zero attached hydrogens (tertiary/aromatic N) is 1. The third-order valence-electron chi connectivity index (χ3n) is 3.23. The van der Waals surface area contributed by atoms with Crippen molar-refractivity contribution < 1.29 is 14.0 Å². The molecular weight excluding hydrogens is 363 g/mol. The summed E-state index contributed by atoms with van der Waals surface area (Å²) in [5.74, 6) is -0.778. The predicted molar refractivity (Wildman–Crippen MR) is 91.8 cm³/mol. The maximum absolute atomic E-state index is 13.0. The average Bonchev–Trinajstić information content (AvgIpc) is 2.51. The molecule has 0 spiro atoms. The second-order valence-electron chi connectivity index (χ2n) is 4.93. The number of benzene rings is 2. The molecule has 4 nitrogen and oxygen atoms in total. The van der Waals surface area contributed by atoms with Crippen LogP contribution in [0.5, 0.6) is 0 Å². The number of halogens is 2. The van der Waals surface area contributed by atoms with Crippen molar-refractivity contribution in [2.75, 3.05) is 16.8 Å². The van der Waals surface area contributed by atoms with Crippen LogP contribution in [-0.4, -0.2) is 18.4 Å². The summed E-state index contributed by atoms with van der Waals surface area (Å²) in [6, 6.07) is 12.9. The van der Waals surface area contributed by atoms with Crippen LogP contribution < -0.4 is 10.2 Å². The number of hydrogen-bond donors (Lipinski definition) is 1. The van der Waals surface area contributed by atoms with Crippen LogP contribution in [-0.2, 0) is 9.59 Å². The maximum atomic E-state index is 13.0. The smallest absolute Gasteiger partial charge is 0.226 e. The molecule has 0 bridgehead atoms.